The highest BCUT2D eigenvalue weighted by molar-refractivity contribution is 5.84. The van der Waals surface area contributed by atoms with Gasteiger partial charge in [0.2, 0.25) is 0 Å². The molecule has 0 aromatic carbocycles. The molecule has 0 aliphatic heterocycles. The summed E-state index contributed by atoms with van der Waals surface area (Å²) in [5.74, 6) is 0. The highest BCUT2D eigenvalue weighted by atomic mass is 16.6. The summed E-state index contributed by atoms with van der Waals surface area (Å²) in [7, 11) is 1.70. The maximum Gasteiger partial charge on any atom is 0.412 e. The molecule has 1 heterocycles. The second-order valence-electron chi connectivity index (χ2n) is 6.94. The first-order valence-corrected chi connectivity index (χ1v) is 8.04. The molecule has 128 valence electrons. The molecule has 1 saturated carbocycles. The standard InChI is InChI=1S/C17H26N2O4/c1-17(2,3)23-16(21)18-14-9-6-10-19(15(14)20)12-7-5-8-13(11-12)22-4/h6,9-10,12-13H,5,7-8,11H2,1-4H3,(H,18,21)/t12?,13-/m1/s1. The van der Waals surface area contributed by atoms with Gasteiger partial charge in [0.05, 0.1) is 6.10 Å². The molecule has 0 spiro atoms. The zero-order valence-electron chi connectivity index (χ0n) is 14.3. The largest absolute Gasteiger partial charge is 0.444 e. The minimum Gasteiger partial charge on any atom is -0.444 e. The molecule has 0 radical (unpaired) electrons. The molecule has 6 heteroatoms. The van der Waals surface area contributed by atoms with Crippen LogP contribution in [0.15, 0.2) is 23.1 Å². The molecule has 0 saturated heterocycles. The SMILES string of the molecule is CO[C@@H]1CCCC(n2cccc(NC(=O)OC(C)(C)C)c2=O)C1. The summed E-state index contributed by atoms with van der Waals surface area (Å²) < 4.78 is 12.3. The number of methoxy groups -OCH3 is 1. The number of carbonyl (C=O) groups is 1. The first kappa shape index (κ1) is 17.5. The first-order valence-electron chi connectivity index (χ1n) is 8.04. The van der Waals surface area contributed by atoms with Gasteiger partial charge in [-0.15, -0.1) is 0 Å². The molecule has 1 aromatic heterocycles. The summed E-state index contributed by atoms with van der Waals surface area (Å²) in [6.07, 6.45) is 5.14. The second kappa shape index (κ2) is 7.17. The van der Waals surface area contributed by atoms with E-state index >= 15 is 0 Å². The lowest BCUT2D eigenvalue weighted by molar-refractivity contribution is 0.0524. The van der Waals surface area contributed by atoms with E-state index in [1.807, 2.05) is 0 Å². The predicted molar refractivity (Wildman–Crippen MR) is 88.9 cm³/mol. The Bertz CT molecular complexity index is 603. The Morgan fingerprint density at radius 1 is 1.35 bits per heavy atom. The smallest absolute Gasteiger partial charge is 0.412 e. The number of aromatic nitrogens is 1. The summed E-state index contributed by atoms with van der Waals surface area (Å²) in [4.78, 5) is 24.5. The van der Waals surface area contributed by atoms with E-state index < -0.39 is 11.7 Å². The number of carbonyl (C=O) groups excluding carboxylic acids is 1. The van der Waals surface area contributed by atoms with Gasteiger partial charge in [0, 0.05) is 19.3 Å². The summed E-state index contributed by atoms with van der Waals surface area (Å²) in [6.45, 7) is 5.34. The van der Waals surface area contributed by atoms with Crippen molar-refractivity contribution in [1.82, 2.24) is 4.57 Å². The van der Waals surface area contributed by atoms with Crippen LogP contribution >= 0.6 is 0 Å². The molecule has 1 amide bonds. The van der Waals surface area contributed by atoms with Gasteiger partial charge in [-0.05, 0) is 58.6 Å². The zero-order chi connectivity index (χ0) is 17.0. The fourth-order valence-corrected chi connectivity index (χ4v) is 2.89. The van der Waals surface area contributed by atoms with Crippen molar-refractivity contribution in [3.05, 3.63) is 28.7 Å². The van der Waals surface area contributed by atoms with Gasteiger partial charge >= 0.3 is 6.09 Å². The summed E-state index contributed by atoms with van der Waals surface area (Å²) in [5.41, 5.74) is -0.575. The monoisotopic (exact) mass is 322 g/mol. The molecular weight excluding hydrogens is 296 g/mol. The molecule has 1 N–H and O–H groups in total. The van der Waals surface area contributed by atoms with Gasteiger partial charge in [0.15, 0.2) is 0 Å². The van der Waals surface area contributed by atoms with Gasteiger partial charge in [-0.25, -0.2) is 4.79 Å². The van der Waals surface area contributed by atoms with Crippen LogP contribution in [0.25, 0.3) is 0 Å². The van der Waals surface area contributed by atoms with Crippen molar-refractivity contribution in [3.63, 3.8) is 0 Å². The molecule has 2 rings (SSSR count). The fourth-order valence-electron chi connectivity index (χ4n) is 2.89. The van der Waals surface area contributed by atoms with Gasteiger partial charge in [-0.1, -0.05) is 0 Å². The zero-order valence-corrected chi connectivity index (χ0v) is 14.3. The Morgan fingerprint density at radius 3 is 2.74 bits per heavy atom. The van der Waals surface area contributed by atoms with E-state index in [4.69, 9.17) is 9.47 Å². The summed E-state index contributed by atoms with van der Waals surface area (Å²) in [6, 6.07) is 3.46. The number of amides is 1. The van der Waals surface area contributed by atoms with Crippen LogP contribution in [0, 0.1) is 0 Å². The normalized spacial score (nSPS) is 21.7. The number of pyridine rings is 1. The van der Waals surface area contributed by atoms with Crippen LogP contribution in [0.2, 0.25) is 0 Å². The minimum absolute atomic E-state index is 0.0987. The molecule has 1 fully saturated rings. The van der Waals surface area contributed by atoms with Crippen LogP contribution in [0.5, 0.6) is 0 Å². The van der Waals surface area contributed by atoms with Crippen LogP contribution in [0.3, 0.4) is 0 Å². The van der Waals surface area contributed by atoms with E-state index in [9.17, 15) is 9.59 Å². The Kier molecular flexibility index (Phi) is 5.46. The Balaban J connectivity index is 2.15. The van der Waals surface area contributed by atoms with Crippen molar-refractivity contribution in [1.29, 1.82) is 0 Å². The highest BCUT2D eigenvalue weighted by Crippen LogP contribution is 2.29. The number of anilines is 1. The van der Waals surface area contributed by atoms with Crippen molar-refractivity contribution < 1.29 is 14.3 Å². The first-order chi connectivity index (χ1) is 10.8. The van der Waals surface area contributed by atoms with Crippen LogP contribution in [-0.2, 0) is 9.47 Å². The van der Waals surface area contributed by atoms with E-state index in [1.54, 1.807) is 50.8 Å². The van der Waals surface area contributed by atoms with Crippen molar-refractivity contribution in [3.8, 4) is 0 Å². The average Bonchev–Trinajstić information content (AvgIpc) is 2.47. The topological polar surface area (TPSA) is 69.6 Å². The lowest BCUT2D eigenvalue weighted by Crippen LogP contribution is -2.34. The van der Waals surface area contributed by atoms with E-state index in [0.29, 0.717) is 0 Å². The molecular formula is C17H26N2O4. The molecule has 2 atom stereocenters. The lowest BCUT2D eigenvalue weighted by Gasteiger charge is -2.29. The van der Waals surface area contributed by atoms with Crippen LogP contribution in [-0.4, -0.2) is 29.5 Å². The minimum atomic E-state index is -0.620. The van der Waals surface area contributed by atoms with Gasteiger partial charge in [-0.3, -0.25) is 10.1 Å². The third kappa shape index (κ3) is 4.82. The number of nitrogens with zero attached hydrogens (tertiary/aromatic N) is 1. The maximum atomic E-state index is 12.6. The third-order valence-electron chi connectivity index (χ3n) is 3.94. The number of nitrogens with one attached hydrogen (secondary N) is 1. The van der Waals surface area contributed by atoms with Gasteiger partial charge in [0.1, 0.15) is 11.3 Å². The maximum absolute atomic E-state index is 12.6. The van der Waals surface area contributed by atoms with E-state index in [1.165, 1.54) is 0 Å². The molecule has 0 bridgehead atoms. The number of ether oxygens (including phenoxy) is 2. The summed E-state index contributed by atoms with van der Waals surface area (Å²) in [5, 5.41) is 2.55. The fraction of sp³-hybridized carbons (Fsp3) is 0.647. The Morgan fingerprint density at radius 2 is 2.09 bits per heavy atom. The quantitative estimate of drug-likeness (QED) is 0.927. The molecule has 6 nitrogen and oxygen atoms in total. The van der Waals surface area contributed by atoms with Gasteiger partial charge in [-0.2, -0.15) is 0 Å². The second-order valence-corrected chi connectivity index (χ2v) is 6.94. The van der Waals surface area contributed by atoms with Gasteiger partial charge < -0.3 is 14.0 Å². The molecule has 23 heavy (non-hydrogen) atoms. The molecule has 1 aromatic rings. The molecule has 1 aliphatic rings. The molecule has 1 unspecified atom stereocenters. The number of rotatable bonds is 3. The van der Waals surface area contributed by atoms with E-state index in [0.717, 1.165) is 25.7 Å². The molecule has 1 aliphatic carbocycles. The number of hydrogen-bond acceptors (Lipinski definition) is 4. The Labute approximate surface area is 136 Å². The van der Waals surface area contributed by atoms with Crippen LogP contribution in [0.4, 0.5) is 10.5 Å². The van der Waals surface area contributed by atoms with Crippen molar-refractivity contribution in [2.24, 2.45) is 0 Å². The van der Waals surface area contributed by atoms with Crippen LogP contribution < -0.4 is 10.9 Å². The number of hydrogen-bond donors (Lipinski definition) is 1. The van der Waals surface area contributed by atoms with Crippen molar-refractivity contribution >= 4 is 11.8 Å². The van der Waals surface area contributed by atoms with Crippen LogP contribution in [0.1, 0.15) is 52.5 Å². The predicted octanol–water partition coefficient (Wildman–Crippen LogP) is 3.33. The highest BCUT2D eigenvalue weighted by Gasteiger charge is 2.24. The van der Waals surface area contributed by atoms with E-state index in [-0.39, 0.29) is 23.4 Å². The lowest BCUT2D eigenvalue weighted by atomic mass is 9.92. The van der Waals surface area contributed by atoms with Gasteiger partial charge in [0.25, 0.3) is 5.56 Å². The Hall–Kier alpha value is -1.82. The van der Waals surface area contributed by atoms with E-state index in [2.05, 4.69) is 5.32 Å². The van der Waals surface area contributed by atoms with Crippen molar-refractivity contribution in [2.75, 3.05) is 12.4 Å². The van der Waals surface area contributed by atoms with Crippen molar-refractivity contribution in [2.45, 2.75) is 64.2 Å². The summed E-state index contributed by atoms with van der Waals surface area (Å²) >= 11 is 0. The third-order valence-corrected chi connectivity index (χ3v) is 3.94. The average molecular weight is 322 g/mol.